The Morgan fingerprint density at radius 2 is 2.25 bits per heavy atom. The van der Waals surface area contributed by atoms with Crippen LogP contribution in [0.1, 0.15) is 43.7 Å². The van der Waals surface area contributed by atoms with Crippen LogP contribution in [-0.2, 0) is 4.79 Å². The van der Waals surface area contributed by atoms with Gasteiger partial charge in [-0.15, -0.1) is 0 Å². The van der Waals surface area contributed by atoms with Crippen molar-refractivity contribution in [1.82, 2.24) is 5.01 Å². The zero-order valence-electron chi connectivity index (χ0n) is 11.6. The molecule has 0 atom stereocenters. The second kappa shape index (κ2) is 4.75. The van der Waals surface area contributed by atoms with E-state index >= 15 is 0 Å². The van der Waals surface area contributed by atoms with E-state index in [1.54, 1.807) is 17.1 Å². The molecule has 3 rings (SSSR count). The van der Waals surface area contributed by atoms with Gasteiger partial charge in [0.2, 0.25) is 5.91 Å². The second-order valence-electron chi connectivity index (χ2n) is 6.03. The number of benzene rings is 1. The third-order valence-electron chi connectivity index (χ3n) is 4.27. The molecule has 1 aliphatic heterocycles. The maximum atomic E-state index is 12.1. The Morgan fingerprint density at radius 1 is 1.45 bits per heavy atom. The lowest BCUT2D eigenvalue weighted by Gasteiger charge is -2.39. The van der Waals surface area contributed by atoms with Crippen LogP contribution >= 0.6 is 0 Å². The number of hydrazone groups is 1. The molecule has 20 heavy (non-hydrogen) atoms. The van der Waals surface area contributed by atoms with Gasteiger partial charge in [-0.3, -0.25) is 4.79 Å². The first-order chi connectivity index (χ1) is 9.59. The smallest absolute Gasteiger partial charge is 0.248 e. The average Bonchev–Trinajstić information content (AvgIpc) is 2.78. The second-order valence-corrected chi connectivity index (χ2v) is 6.03. The predicted octanol–water partition coefficient (Wildman–Crippen LogP) is 2.68. The highest BCUT2D eigenvalue weighted by atomic mass is 16.2. The Bertz CT molecular complexity index is 623. The van der Waals surface area contributed by atoms with Gasteiger partial charge in [0, 0.05) is 6.54 Å². The first-order valence-corrected chi connectivity index (χ1v) is 6.98. The van der Waals surface area contributed by atoms with E-state index in [1.165, 1.54) is 19.3 Å². The molecule has 1 heterocycles. The van der Waals surface area contributed by atoms with E-state index in [2.05, 4.69) is 18.1 Å². The Labute approximate surface area is 118 Å². The molecule has 0 unspecified atom stereocenters. The van der Waals surface area contributed by atoms with Gasteiger partial charge in [0.1, 0.15) is 0 Å². The van der Waals surface area contributed by atoms with Crippen LogP contribution in [0, 0.1) is 16.7 Å². The minimum absolute atomic E-state index is 0.0653. The molecular weight excluding hydrogens is 250 g/mol. The number of carbonyl (C=O) groups excluding carboxylic acids is 1. The van der Waals surface area contributed by atoms with Crippen LogP contribution in [0.25, 0.3) is 0 Å². The number of nitriles is 1. The third-order valence-corrected chi connectivity index (χ3v) is 4.27. The SMILES string of the molecule is CC1(CN2N=C(c3cccc(C#N)c3)CC2=O)CCC1. The summed E-state index contributed by atoms with van der Waals surface area (Å²) in [6, 6.07) is 9.40. The molecule has 1 saturated carbocycles. The maximum absolute atomic E-state index is 12.1. The molecule has 0 radical (unpaired) electrons. The largest absolute Gasteiger partial charge is 0.273 e. The molecule has 0 N–H and O–H groups in total. The molecule has 0 saturated heterocycles. The summed E-state index contributed by atoms with van der Waals surface area (Å²) in [5, 5.41) is 15.0. The average molecular weight is 267 g/mol. The summed E-state index contributed by atoms with van der Waals surface area (Å²) in [7, 11) is 0. The summed E-state index contributed by atoms with van der Waals surface area (Å²) in [6.45, 7) is 2.93. The molecule has 1 aromatic carbocycles. The molecule has 102 valence electrons. The minimum atomic E-state index is 0.0653. The molecule has 1 fully saturated rings. The molecule has 0 bridgehead atoms. The molecular formula is C16H17N3O. The third kappa shape index (κ3) is 2.32. The van der Waals surface area contributed by atoms with Gasteiger partial charge in [0.25, 0.3) is 0 Å². The number of amides is 1. The highest BCUT2D eigenvalue weighted by molar-refractivity contribution is 6.13. The summed E-state index contributed by atoms with van der Waals surface area (Å²) in [5.41, 5.74) is 2.49. The van der Waals surface area contributed by atoms with E-state index in [0.29, 0.717) is 18.5 Å². The first kappa shape index (κ1) is 12.9. The predicted molar refractivity (Wildman–Crippen MR) is 76.0 cm³/mol. The van der Waals surface area contributed by atoms with Gasteiger partial charge in [0.15, 0.2) is 0 Å². The number of rotatable bonds is 3. The van der Waals surface area contributed by atoms with Crippen molar-refractivity contribution in [3.63, 3.8) is 0 Å². The summed E-state index contributed by atoms with van der Waals surface area (Å²) in [6.07, 6.45) is 3.93. The monoisotopic (exact) mass is 267 g/mol. The van der Waals surface area contributed by atoms with Crippen LogP contribution in [0.5, 0.6) is 0 Å². The van der Waals surface area contributed by atoms with Crippen LogP contribution in [0.2, 0.25) is 0 Å². The van der Waals surface area contributed by atoms with Crippen LogP contribution in [0.15, 0.2) is 29.4 Å². The van der Waals surface area contributed by atoms with Crippen molar-refractivity contribution < 1.29 is 4.79 Å². The first-order valence-electron chi connectivity index (χ1n) is 6.98. The van der Waals surface area contributed by atoms with Gasteiger partial charge in [0.05, 0.1) is 23.8 Å². The normalized spacial score (nSPS) is 20.3. The lowest BCUT2D eigenvalue weighted by molar-refractivity contribution is -0.130. The van der Waals surface area contributed by atoms with Crippen LogP contribution in [0.3, 0.4) is 0 Å². The maximum Gasteiger partial charge on any atom is 0.248 e. The summed E-state index contributed by atoms with van der Waals surface area (Å²) >= 11 is 0. The van der Waals surface area contributed by atoms with Crippen molar-refractivity contribution in [3.05, 3.63) is 35.4 Å². The van der Waals surface area contributed by atoms with Crippen molar-refractivity contribution >= 4 is 11.6 Å². The van der Waals surface area contributed by atoms with Gasteiger partial charge in [-0.2, -0.15) is 10.4 Å². The fourth-order valence-corrected chi connectivity index (χ4v) is 2.82. The Morgan fingerprint density at radius 3 is 2.90 bits per heavy atom. The zero-order valence-corrected chi connectivity index (χ0v) is 11.6. The molecule has 1 aromatic rings. The highest BCUT2D eigenvalue weighted by Crippen LogP contribution is 2.41. The Kier molecular flexibility index (Phi) is 3.06. The number of carbonyl (C=O) groups is 1. The molecule has 0 aromatic heterocycles. The van der Waals surface area contributed by atoms with Gasteiger partial charge in [-0.05, 0) is 36.0 Å². The zero-order chi connectivity index (χ0) is 14.2. The van der Waals surface area contributed by atoms with E-state index in [-0.39, 0.29) is 11.3 Å². The van der Waals surface area contributed by atoms with E-state index in [0.717, 1.165) is 11.3 Å². The van der Waals surface area contributed by atoms with Gasteiger partial charge < -0.3 is 0 Å². The number of hydrogen-bond donors (Lipinski definition) is 0. The summed E-state index contributed by atoms with van der Waals surface area (Å²) in [4.78, 5) is 12.1. The molecule has 4 nitrogen and oxygen atoms in total. The molecule has 2 aliphatic rings. The Balaban J connectivity index is 1.80. The quantitative estimate of drug-likeness (QED) is 0.845. The fourth-order valence-electron chi connectivity index (χ4n) is 2.82. The van der Waals surface area contributed by atoms with Crippen molar-refractivity contribution in [3.8, 4) is 6.07 Å². The molecule has 1 amide bonds. The van der Waals surface area contributed by atoms with E-state index < -0.39 is 0 Å². The van der Waals surface area contributed by atoms with Crippen molar-refractivity contribution in [2.45, 2.75) is 32.6 Å². The molecule has 0 spiro atoms. The van der Waals surface area contributed by atoms with Gasteiger partial charge in [-0.25, -0.2) is 5.01 Å². The standard InChI is InChI=1S/C16H17N3O/c1-16(6-3-7-16)11-19-15(20)9-14(18-19)13-5-2-4-12(8-13)10-17/h2,4-5,8H,3,6-7,9,11H2,1H3. The number of hydrogen-bond acceptors (Lipinski definition) is 3. The number of nitrogens with zero attached hydrogens (tertiary/aromatic N) is 3. The van der Waals surface area contributed by atoms with E-state index in [1.807, 2.05) is 12.1 Å². The summed E-state index contributed by atoms with van der Waals surface area (Å²) in [5.74, 6) is 0.0653. The van der Waals surface area contributed by atoms with Crippen molar-refractivity contribution in [2.75, 3.05) is 6.54 Å². The molecule has 1 aliphatic carbocycles. The lowest BCUT2D eigenvalue weighted by Crippen LogP contribution is -2.38. The van der Waals surface area contributed by atoms with Gasteiger partial charge >= 0.3 is 0 Å². The van der Waals surface area contributed by atoms with E-state index in [4.69, 9.17) is 5.26 Å². The fraction of sp³-hybridized carbons (Fsp3) is 0.438. The molecule has 4 heteroatoms. The van der Waals surface area contributed by atoms with E-state index in [9.17, 15) is 4.79 Å². The van der Waals surface area contributed by atoms with Gasteiger partial charge in [-0.1, -0.05) is 25.5 Å². The lowest BCUT2D eigenvalue weighted by atomic mass is 9.70. The van der Waals surface area contributed by atoms with Crippen molar-refractivity contribution in [2.24, 2.45) is 10.5 Å². The van der Waals surface area contributed by atoms with Crippen molar-refractivity contribution in [1.29, 1.82) is 5.26 Å². The van der Waals surface area contributed by atoms with Crippen LogP contribution < -0.4 is 0 Å². The highest BCUT2D eigenvalue weighted by Gasteiger charge is 2.37. The van der Waals surface area contributed by atoms with Crippen LogP contribution in [0.4, 0.5) is 0 Å². The minimum Gasteiger partial charge on any atom is -0.273 e. The summed E-state index contributed by atoms with van der Waals surface area (Å²) < 4.78 is 0. The Hall–Kier alpha value is -2.15. The van der Waals surface area contributed by atoms with Crippen LogP contribution in [-0.4, -0.2) is 23.2 Å². The topological polar surface area (TPSA) is 56.5 Å².